The molecule has 0 bridgehead atoms. The van der Waals surface area contributed by atoms with Crippen molar-refractivity contribution in [1.29, 1.82) is 0 Å². The number of nitrogens with one attached hydrogen (secondary N) is 1. The van der Waals surface area contributed by atoms with Crippen LogP contribution in [0, 0.1) is 6.92 Å². The minimum Gasteiger partial charge on any atom is -0.268 e. The number of nitrogens with zero attached hydrogens (tertiary/aromatic N) is 3. The standard InChI is InChI=1S/C19H20N4O/c1-4-14(3)21-22-19-20-17-11-6-5-10-16(17)18(24)23(19)15-9-7-8-13(2)12-15/h5-12H,4H2,1-3H3,(H,20,22)/b21-14+. The Morgan fingerprint density at radius 1 is 1.21 bits per heavy atom. The highest BCUT2D eigenvalue weighted by molar-refractivity contribution is 5.82. The molecule has 3 rings (SSSR count). The Labute approximate surface area is 140 Å². The highest BCUT2D eigenvalue weighted by atomic mass is 16.1. The van der Waals surface area contributed by atoms with E-state index in [0.717, 1.165) is 23.4 Å². The molecule has 0 saturated carbocycles. The molecule has 0 aliphatic carbocycles. The van der Waals surface area contributed by atoms with Crippen LogP contribution in [0.5, 0.6) is 0 Å². The van der Waals surface area contributed by atoms with E-state index in [-0.39, 0.29) is 5.56 Å². The summed E-state index contributed by atoms with van der Waals surface area (Å²) in [6.45, 7) is 5.96. The van der Waals surface area contributed by atoms with Crippen LogP contribution in [-0.4, -0.2) is 15.3 Å². The molecule has 122 valence electrons. The lowest BCUT2D eigenvalue weighted by atomic mass is 10.2. The van der Waals surface area contributed by atoms with Crippen LogP contribution in [0.25, 0.3) is 16.6 Å². The lowest BCUT2D eigenvalue weighted by Gasteiger charge is -2.13. The zero-order valence-electron chi connectivity index (χ0n) is 14.1. The number of hydrogen-bond acceptors (Lipinski definition) is 4. The van der Waals surface area contributed by atoms with Gasteiger partial charge in [0.05, 0.1) is 16.6 Å². The van der Waals surface area contributed by atoms with Crippen molar-refractivity contribution in [3.63, 3.8) is 0 Å². The summed E-state index contributed by atoms with van der Waals surface area (Å²) in [4.78, 5) is 17.6. The maximum absolute atomic E-state index is 13.0. The molecule has 0 aliphatic rings. The third-order valence-electron chi connectivity index (χ3n) is 3.89. The van der Waals surface area contributed by atoms with Gasteiger partial charge in [0.1, 0.15) is 0 Å². The molecular weight excluding hydrogens is 300 g/mol. The van der Waals surface area contributed by atoms with E-state index in [1.807, 2.05) is 63.2 Å². The summed E-state index contributed by atoms with van der Waals surface area (Å²) in [6.07, 6.45) is 0.829. The highest BCUT2D eigenvalue weighted by Crippen LogP contribution is 2.17. The van der Waals surface area contributed by atoms with E-state index in [0.29, 0.717) is 16.9 Å². The van der Waals surface area contributed by atoms with Crippen LogP contribution in [0.3, 0.4) is 0 Å². The van der Waals surface area contributed by atoms with Gasteiger partial charge in [-0.2, -0.15) is 5.10 Å². The van der Waals surface area contributed by atoms with Gasteiger partial charge >= 0.3 is 0 Å². The Kier molecular flexibility index (Phi) is 4.42. The van der Waals surface area contributed by atoms with Crippen molar-refractivity contribution in [1.82, 2.24) is 9.55 Å². The van der Waals surface area contributed by atoms with E-state index in [2.05, 4.69) is 15.5 Å². The summed E-state index contributed by atoms with van der Waals surface area (Å²) < 4.78 is 1.57. The van der Waals surface area contributed by atoms with E-state index in [1.54, 1.807) is 10.6 Å². The molecule has 24 heavy (non-hydrogen) atoms. The first-order valence-electron chi connectivity index (χ1n) is 7.98. The summed E-state index contributed by atoms with van der Waals surface area (Å²) in [7, 11) is 0. The van der Waals surface area contributed by atoms with Gasteiger partial charge in [0.25, 0.3) is 5.56 Å². The lowest BCUT2D eigenvalue weighted by molar-refractivity contribution is 0.952. The fourth-order valence-electron chi connectivity index (χ4n) is 2.44. The largest absolute Gasteiger partial charge is 0.268 e. The average Bonchev–Trinajstić information content (AvgIpc) is 2.59. The number of hydrogen-bond donors (Lipinski definition) is 1. The average molecular weight is 320 g/mol. The van der Waals surface area contributed by atoms with E-state index in [4.69, 9.17) is 0 Å². The topological polar surface area (TPSA) is 59.3 Å². The predicted molar refractivity (Wildman–Crippen MR) is 99.1 cm³/mol. The molecule has 0 spiro atoms. The molecule has 3 aromatic rings. The van der Waals surface area contributed by atoms with Crippen molar-refractivity contribution in [2.75, 3.05) is 5.43 Å². The zero-order chi connectivity index (χ0) is 17.1. The quantitative estimate of drug-likeness (QED) is 0.586. The number of rotatable bonds is 4. The van der Waals surface area contributed by atoms with Crippen molar-refractivity contribution in [3.8, 4) is 5.69 Å². The SMILES string of the molecule is CC/C(C)=N/Nc1nc2ccccc2c(=O)n1-c1cccc(C)c1. The third-order valence-corrected chi connectivity index (χ3v) is 3.89. The van der Waals surface area contributed by atoms with E-state index in [1.165, 1.54) is 0 Å². The number of aromatic nitrogens is 2. The lowest BCUT2D eigenvalue weighted by Crippen LogP contribution is -2.23. The first-order valence-corrected chi connectivity index (χ1v) is 7.98. The first-order chi connectivity index (χ1) is 11.6. The molecule has 0 fully saturated rings. The number of para-hydroxylation sites is 1. The predicted octanol–water partition coefficient (Wildman–Crippen LogP) is 3.89. The molecule has 0 radical (unpaired) electrons. The van der Waals surface area contributed by atoms with Crippen molar-refractivity contribution < 1.29 is 0 Å². The number of aryl methyl sites for hydroxylation is 1. The second-order valence-corrected chi connectivity index (χ2v) is 5.74. The van der Waals surface area contributed by atoms with Gasteiger partial charge in [-0.25, -0.2) is 15.0 Å². The number of anilines is 1. The van der Waals surface area contributed by atoms with Crippen LogP contribution in [0.4, 0.5) is 5.95 Å². The highest BCUT2D eigenvalue weighted by Gasteiger charge is 2.12. The van der Waals surface area contributed by atoms with E-state index in [9.17, 15) is 4.79 Å². The molecule has 2 aromatic carbocycles. The Balaban J connectivity index is 2.27. The van der Waals surface area contributed by atoms with Crippen molar-refractivity contribution in [2.24, 2.45) is 5.10 Å². The van der Waals surface area contributed by atoms with Crippen molar-refractivity contribution >= 4 is 22.6 Å². The Hall–Kier alpha value is -2.95. The smallest absolute Gasteiger partial charge is 0.267 e. The maximum Gasteiger partial charge on any atom is 0.267 e. The normalized spacial score (nSPS) is 11.7. The monoisotopic (exact) mass is 320 g/mol. The van der Waals surface area contributed by atoms with Gasteiger partial charge in [0.2, 0.25) is 5.95 Å². The Morgan fingerprint density at radius 3 is 2.75 bits per heavy atom. The number of fused-ring (bicyclic) bond motifs is 1. The summed E-state index contributed by atoms with van der Waals surface area (Å²) in [5.74, 6) is 0.414. The Bertz CT molecular complexity index is 973. The molecule has 0 unspecified atom stereocenters. The minimum absolute atomic E-state index is 0.113. The van der Waals surface area contributed by atoms with Crippen LogP contribution in [0.15, 0.2) is 58.4 Å². The molecule has 0 amide bonds. The van der Waals surface area contributed by atoms with Crippen molar-refractivity contribution in [3.05, 3.63) is 64.4 Å². The maximum atomic E-state index is 13.0. The van der Waals surface area contributed by atoms with Gasteiger partial charge < -0.3 is 0 Å². The van der Waals surface area contributed by atoms with Gasteiger partial charge in [-0.3, -0.25) is 4.79 Å². The van der Waals surface area contributed by atoms with Crippen LogP contribution in [-0.2, 0) is 0 Å². The van der Waals surface area contributed by atoms with Gasteiger partial charge in [0, 0.05) is 5.71 Å². The Morgan fingerprint density at radius 2 is 2.00 bits per heavy atom. The summed E-state index contributed by atoms with van der Waals surface area (Å²) in [5.41, 5.74) is 6.28. The van der Waals surface area contributed by atoms with E-state index >= 15 is 0 Å². The molecule has 0 atom stereocenters. The summed E-state index contributed by atoms with van der Waals surface area (Å²) in [6, 6.07) is 15.1. The molecule has 1 N–H and O–H groups in total. The minimum atomic E-state index is -0.113. The molecule has 0 saturated heterocycles. The molecule has 0 aliphatic heterocycles. The summed E-state index contributed by atoms with van der Waals surface area (Å²) >= 11 is 0. The zero-order valence-corrected chi connectivity index (χ0v) is 14.1. The van der Waals surface area contributed by atoms with E-state index < -0.39 is 0 Å². The van der Waals surface area contributed by atoms with Crippen LogP contribution in [0.1, 0.15) is 25.8 Å². The second-order valence-electron chi connectivity index (χ2n) is 5.74. The van der Waals surface area contributed by atoms with Crippen molar-refractivity contribution in [2.45, 2.75) is 27.2 Å². The molecule has 5 heteroatoms. The number of benzene rings is 2. The van der Waals surface area contributed by atoms with Crippen LogP contribution < -0.4 is 11.0 Å². The molecule has 5 nitrogen and oxygen atoms in total. The third kappa shape index (κ3) is 3.06. The summed E-state index contributed by atoms with van der Waals surface area (Å²) in [5, 5.41) is 4.90. The van der Waals surface area contributed by atoms with Gasteiger partial charge in [-0.15, -0.1) is 0 Å². The molecular formula is C19H20N4O. The fourth-order valence-corrected chi connectivity index (χ4v) is 2.44. The van der Waals surface area contributed by atoms with Gasteiger partial charge in [-0.1, -0.05) is 31.2 Å². The fraction of sp³-hybridized carbons (Fsp3) is 0.211. The molecule has 1 aromatic heterocycles. The van der Waals surface area contributed by atoms with Gasteiger partial charge in [-0.05, 0) is 50.1 Å². The first kappa shape index (κ1) is 15.9. The second kappa shape index (κ2) is 6.66. The molecule has 1 heterocycles. The van der Waals surface area contributed by atoms with Crippen LogP contribution >= 0.6 is 0 Å². The number of hydrazone groups is 1. The van der Waals surface area contributed by atoms with Crippen LogP contribution in [0.2, 0.25) is 0 Å². The van der Waals surface area contributed by atoms with Gasteiger partial charge in [0.15, 0.2) is 0 Å².